The van der Waals surface area contributed by atoms with E-state index in [1.54, 1.807) is 0 Å². The summed E-state index contributed by atoms with van der Waals surface area (Å²) >= 11 is 0. The number of ether oxygens (including phenoxy) is 1. The van der Waals surface area contributed by atoms with Crippen LogP contribution in [0.5, 0.6) is 5.75 Å². The van der Waals surface area contributed by atoms with Crippen molar-refractivity contribution in [3.05, 3.63) is 64.7 Å². The monoisotopic (exact) mass is 416 g/mol. The van der Waals surface area contributed by atoms with E-state index >= 15 is 0 Å². The Hall–Kier alpha value is -1.98. The molecule has 1 unspecified atom stereocenters. The van der Waals surface area contributed by atoms with Crippen LogP contribution >= 0.6 is 0 Å². The molecule has 1 atom stereocenters. The minimum atomic E-state index is -0.524. The van der Waals surface area contributed by atoms with Crippen LogP contribution in [0.2, 0.25) is 0 Å². The first-order valence-electron chi connectivity index (χ1n) is 10.7. The SMILES string of the molecule is COc1cc(F)c(CN2CCN(C(C)(C)C)C(c3ccccc3C(C)C)C2)cc1F. The van der Waals surface area contributed by atoms with Gasteiger partial charge in [-0.05, 0) is 43.9 Å². The van der Waals surface area contributed by atoms with Gasteiger partial charge in [-0.3, -0.25) is 9.80 Å². The number of piperazine rings is 1. The summed E-state index contributed by atoms with van der Waals surface area (Å²) in [6.07, 6.45) is 0. The van der Waals surface area contributed by atoms with Crippen molar-refractivity contribution in [1.29, 1.82) is 0 Å². The van der Waals surface area contributed by atoms with Gasteiger partial charge in [0.25, 0.3) is 0 Å². The number of rotatable bonds is 5. The summed E-state index contributed by atoms with van der Waals surface area (Å²) < 4.78 is 33.6. The second kappa shape index (κ2) is 9.03. The number of hydrogen-bond donors (Lipinski definition) is 0. The number of benzene rings is 2. The molecule has 1 aliphatic heterocycles. The highest BCUT2D eigenvalue weighted by Gasteiger charge is 2.36. The Kier molecular flexibility index (Phi) is 6.83. The molecule has 164 valence electrons. The molecule has 0 radical (unpaired) electrons. The molecule has 3 rings (SSSR count). The lowest BCUT2D eigenvalue weighted by molar-refractivity contribution is 0.00519. The van der Waals surface area contributed by atoms with Crippen molar-refractivity contribution >= 4 is 0 Å². The van der Waals surface area contributed by atoms with E-state index in [1.165, 1.54) is 24.3 Å². The van der Waals surface area contributed by atoms with Gasteiger partial charge in [0.2, 0.25) is 0 Å². The topological polar surface area (TPSA) is 15.7 Å². The lowest BCUT2D eigenvalue weighted by Gasteiger charge is -2.49. The van der Waals surface area contributed by atoms with Crippen LogP contribution in [-0.4, -0.2) is 42.1 Å². The van der Waals surface area contributed by atoms with Gasteiger partial charge >= 0.3 is 0 Å². The van der Waals surface area contributed by atoms with Gasteiger partial charge < -0.3 is 4.74 Å². The fourth-order valence-corrected chi connectivity index (χ4v) is 4.48. The van der Waals surface area contributed by atoms with Crippen LogP contribution in [0.1, 0.15) is 63.3 Å². The Balaban J connectivity index is 1.91. The zero-order chi connectivity index (χ0) is 22.1. The number of hydrogen-bond acceptors (Lipinski definition) is 3. The summed E-state index contributed by atoms with van der Waals surface area (Å²) in [6.45, 7) is 14.0. The first-order chi connectivity index (χ1) is 14.1. The molecule has 0 bridgehead atoms. The second-order valence-electron chi connectivity index (χ2n) is 9.48. The third-order valence-corrected chi connectivity index (χ3v) is 6.02. The van der Waals surface area contributed by atoms with Crippen LogP contribution in [0.15, 0.2) is 36.4 Å². The molecule has 0 N–H and O–H groups in total. The van der Waals surface area contributed by atoms with Gasteiger partial charge in [0.05, 0.1) is 7.11 Å². The Bertz CT molecular complexity index is 876. The van der Waals surface area contributed by atoms with Crippen molar-refractivity contribution in [1.82, 2.24) is 9.80 Å². The Morgan fingerprint density at radius 3 is 2.40 bits per heavy atom. The van der Waals surface area contributed by atoms with Crippen LogP contribution in [0.4, 0.5) is 8.78 Å². The average Bonchev–Trinajstić information content (AvgIpc) is 2.69. The van der Waals surface area contributed by atoms with E-state index in [1.807, 2.05) is 0 Å². The lowest BCUT2D eigenvalue weighted by atomic mass is 9.88. The van der Waals surface area contributed by atoms with Gasteiger partial charge in [0.1, 0.15) is 5.82 Å². The van der Waals surface area contributed by atoms with Crippen LogP contribution in [-0.2, 0) is 6.54 Å². The van der Waals surface area contributed by atoms with Gasteiger partial charge in [0, 0.05) is 49.4 Å². The van der Waals surface area contributed by atoms with E-state index in [0.29, 0.717) is 18.0 Å². The highest BCUT2D eigenvalue weighted by molar-refractivity contribution is 5.34. The zero-order valence-corrected chi connectivity index (χ0v) is 19.0. The molecule has 1 aliphatic rings. The quantitative estimate of drug-likeness (QED) is 0.617. The van der Waals surface area contributed by atoms with Crippen molar-refractivity contribution in [2.75, 3.05) is 26.7 Å². The highest BCUT2D eigenvalue weighted by Crippen LogP contribution is 2.36. The van der Waals surface area contributed by atoms with Crippen molar-refractivity contribution in [3.8, 4) is 5.75 Å². The summed E-state index contributed by atoms with van der Waals surface area (Å²) in [5.74, 6) is -0.585. The van der Waals surface area contributed by atoms with Gasteiger partial charge in [-0.2, -0.15) is 0 Å². The maximum atomic E-state index is 14.5. The first-order valence-corrected chi connectivity index (χ1v) is 10.7. The van der Waals surface area contributed by atoms with E-state index in [4.69, 9.17) is 4.74 Å². The molecule has 30 heavy (non-hydrogen) atoms. The molecule has 1 saturated heterocycles. The molecular formula is C25H34F2N2O. The predicted octanol–water partition coefficient (Wildman–Crippen LogP) is 5.75. The summed E-state index contributed by atoms with van der Waals surface area (Å²) in [5.41, 5.74) is 3.06. The largest absolute Gasteiger partial charge is 0.494 e. The van der Waals surface area contributed by atoms with E-state index in [2.05, 4.69) is 68.7 Å². The van der Waals surface area contributed by atoms with Crippen LogP contribution in [0.25, 0.3) is 0 Å². The molecule has 0 aliphatic carbocycles. The van der Waals surface area contributed by atoms with Crippen LogP contribution in [0, 0.1) is 11.6 Å². The summed E-state index contributed by atoms with van der Waals surface area (Å²) in [5, 5.41) is 0. The van der Waals surface area contributed by atoms with Crippen molar-refractivity contribution in [2.45, 2.75) is 58.7 Å². The molecular weight excluding hydrogens is 382 g/mol. The van der Waals surface area contributed by atoms with E-state index in [0.717, 1.165) is 25.7 Å². The third kappa shape index (κ3) is 4.84. The molecule has 3 nitrogen and oxygen atoms in total. The van der Waals surface area contributed by atoms with Gasteiger partial charge in [-0.15, -0.1) is 0 Å². The minimum absolute atomic E-state index is 0.0122. The number of methoxy groups -OCH3 is 1. The van der Waals surface area contributed by atoms with E-state index in [-0.39, 0.29) is 17.3 Å². The fourth-order valence-electron chi connectivity index (χ4n) is 4.48. The van der Waals surface area contributed by atoms with Crippen molar-refractivity contribution in [2.24, 2.45) is 0 Å². The molecule has 0 amide bonds. The maximum Gasteiger partial charge on any atom is 0.165 e. The van der Waals surface area contributed by atoms with Gasteiger partial charge in [-0.1, -0.05) is 38.1 Å². The summed E-state index contributed by atoms with van der Waals surface area (Å²) in [4.78, 5) is 4.77. The standard InChI is InChI=1S/C25H34F2N2O/c1-17(2)19-9-7-8-10-20(19)23-16-28(11-12-29(23)25(3,4)5)15-18-13-22(27)24(30-6)14-21(18)26/h7-10,13-14,17,23H,11-12,15-16H2,1-6H3. The molecule has 0 aromatic heterocycles. The molecule has 2 aromatic carbocycles. The normalized spacial score (nSPS) is 18.8. The second-order valence-corrected chi connectivity index (χ2v) is 9.48. The molecule has 1 heterocycles. The Morgan fingerprint density at radius 2 is 1.77 bits per heavy atom. The van der Waals surface area contributed by atoms with Crippen LogP contribution in [0.3, 0.4) is 0 Å². The first kappa shape index (κ1) is 22.7. The fraction of sp³-hybridized carbons (Fsp3) is 0.520. The van der Waals surface area contributed by atoms with Crippen molar-refractivity contribution in [3.63, 3.8) is 0 Å². The van der Waals surface area contributed by atoms with Gasteiger partial charge in [0.15, 0.2) is 11.6 Å². The van der Waals surface area contributed by atoms with E-state index < -0.39 is 11.6 Å². The molecule has 2 aromatic rings. The lowest BCUT2D eigenvalue weighted by Crippen LogP contribution is -2.55. The molecule has 0 saturated carbocycles. The van der Waals surface area contributed by atoms with Gasteiger partial charge in [-0.25, -0.2) is 8.78 Å². The average molecular weight is 417 g/mol. The van der Waals surface area contributed by atoms with E-state index in [9.17, 15) is 8.78 Å². The summed E-state index contributed by atoms with van der Waals surface area (Å²) in [7, 11) is 1.35. The third-order valence-electron chi connectivity index (χ3n) is 6.02. The molecule has 1 fully saturated rings. The Labute approximate surface area is 179 Å². The minimum Gasteiger partial charge on any atom is -0.494 e. The smallest absolute Gasteiger partial charge is 0.165 e. The Morgan fingerprint density at radius 1 is 1.07 bits per heavy atom. The predicted molar refractivity (Wildman–Crippen MR) is 118 cm³/mol. The number of nitrogens with zero attached hydrogens (tertiary/aromatic N) is 2. The van der Waals surface area contributed by atoms with Crippen molar-refractivity contribution < 1.29 is 13.5 Å². The molecule has 0 spiro atoms. The maximum absolute atomic E-state index is 14.5. The number of halogens is 2. The molecule has 5 heteroatoms. The van der Waals surface area contributed by atoms with Crippen LogP contribution < -0.4 is 4.74 Å². The highest BCUT2D eigenvalue weighted by atomic mass is 19.1. The zero-order valence-electron chi connectivity index (χ0n) is 19.0. The summed E-state index contributed by atoms with van der Waals surface area (Å²) in [6, 6.07) is 11.2.